The highest BCUT2D eigenvalue weighted by atomic mass is 19.1. The molecule has 1 aliphatic rings. The first-order valence-electron chi connectivity index (χ1n) is 7.45. The number of ether oxygens (including phenoxy) is 1. The summed E-state index contributed by atoms with van der Waals surface area (Å²) in [7, 11) is 0. The van der Waals surface area contributed by atoms with Crippen molar-refractivity contribution < 1.29 is 24.1 Å². The van der Waals surface area contributed by atoms with Crippen molar-refractivity contribution in [2.75, 3.05) is 13.2 Å². The number of hydrogen-bond donors (Lipinski definition) is 2. The molecule has 1 saturated heterocycles. The van der Waals surface area contributed by atoms with Gasteiger partial charge in [-0.1, -0.05) is 26.0 Å². The van der Waals surface area contributed by atoms with Gasteiger partial charge >= 0.3 is 6.09 Å². The van der Waals surface area contributed by atoms with E-state index >= 15 is 0 Å². The van der Waals surface area contributed by atoms with Gasteiger partial charge in [0.1, 0.15) is 11.9 Å². The number of halogens is 1. The first-order chi connectivity index (χ1) is 10.4. The van der Waals surface area contributed by atoms with Crippen LogP contribution in [0.5, 0.6) is 0 Å². The number of piperidine rings is 1. The van der Waals surface area contributed by atoms with Crippen LogP contribution in [-0.2, 0) is 4.74 Å². The van der Waals surface area contributed by atoms with Gasteiger partial charge < -0.3 is 14.9 Å². The zero-order valence-electron chi connectivity index (χ0n) is 12.8. The zero-order valence-corrected chi connectivity index (χ0v) is 12.8. The molecule has 0 radical (unpaired) electrons. The maximum Gasteiger partial charge on any atom is 0.410 e. The summed E-state index contributed by atoms with van der Waals surface area (Å²) in [6, 6.07) is 4.79. The third-order valence-electron chi connectivity index (χ3n) is 3.71. The second-order valence-corrected chi connectivity index (χ2v) is 6.01. The molecule has 1 fully saturated rings. The first-order valence-corrected chi connectivity index (χ1v) is 7.45. The molecule has 1 aliphatic heterocycles. The molecule has 122 valence electrons. The summed E-state index contributed by atoms with van der Waals surface area (Å²) in [4.78, 5) is 13.6. The molecule has 5 nitrogen and oxygen atoms in total. The van der Waals surface area contributed by atoms with Gasteiger partial charge in [0.15, 0.2) is 0 Å². The standard InChI is InChI=1S/C16H22FNO4/c1-10(2)9-22-16(21)18-8-7-13(19)15(20)14(18)11-3-5-12(17)6-4-11/h3-6,10,13-15,19-20H,7-9H2,1-2H3/t13-,14+,15-/m1/s1. The van der Waals surface area contributed by atoms with E-state index in [1.54, 1.807) is 0 Å². The Hall–Kier alpha value is -1.66. The number of amides is 1. The zero-order chi connectivity index (χ0) is 16.3. The van der Waals surface area contributed by atoms with E-state index in [1.807, 2.05) is 13.8 Å². The second-order valence-electron chi connectivity index (χ2n) is 6.01. The van der Waals surface area contributed by atoms with Gasteiger partial charge in [-0.05, 0) is 30.0 Å². The predicted molar refractivity (Wildman–Crippen MR) is 78.7 cm³/mol. The Morgan fingerprint density at radius 3 is 2.59 bits per heavy atom. The third kappa shape index (κ3) is 3.75. The number of rotatable bonds is 3. The highest BCUT2D eigenvalue weighted by Gasteiger charge is 2.40. The Kier molecular flexibility index (Phi) is 5.37. The molecule has 0 aromatic heterocycles. The minimum atomic E-state index is -1.13. The van der Waals surface area contributed by atoms with E-state index in [4.69, 9.17) is 4.74 Å². The molecular weight excluding hydrogens is 289 g/mol. The molecule has 0 spiro atoms. The van der Waals surface area contributed by atoms with Crippen LogP contribution in [0.4, 0.5) is 9.18 Å². The van der Waals surface area contributed by atoms with Gasteiger partial charge in [-0.15, -0.1) is 0 Å². The minimum absolute atomic E-state index is 0.202. The van der Waals surface area contributed by atoms with Gasteiger partial charge in [-0.25, -0.2) is 9.18 Å². The number of nitrogens with zero attached hydrogens (tertiary/aromatic N) is 1. The molecular formula is C16H22FNO4. The third-order valence-corrected chi connectivity index (χ3v) is 3.71. The summed E-state index contributed by atoms with van der Waals surface area (Å²) in [6.07, 6.45) is -2.32. The van der Waals surface area contributed by atoms with Crippen molar-refractivity contribution in [1.82, 2.24) is 4.90 Å². The Morgan fingerprint density at radius 1 is 1.36 bits per heavy atom. The number of hydrogen-bond acceptors (Lipinski definition) is 4. The fraction of sp³-hybridized carbons (Fsp3) is 0.562. The fourth-order valence-electron chi connectivity index (χ4n) is 2.54. The van der Waals surface area contributed by atoms with E-state index in [0.717, 1.165) is 0 Å². The monoisotopic (exact) mass is 311 g/mol. The van der Waals surface area contributed by atoms with Crippen LogP contribution in [0, 0.1) is 11.7 Å². The lowest BCUT2D eigenvalue weighted by Gasteiger charge is -2.41. The Morgan fingerprint density at radius 2 is 2.00 bits per heavy atom. The van der Waals surface area contributed by atoms with Crippen molar-refractivity contribution in [2.45, 2.75) is 38.5 Å². The van der Waals surface area contributed by atoms with Crippen molar-refractivity contribution in [3.8, 4) is 0 Å². The maximum absolute atomic E-state index is 13.1. The Bertz CT molecular complexity index is 505. The van der Waals surface area contributed by atoms with E-state index in [1.165, 1.54) is 29.2 Å². The summed E-state index contributed by atoms with van der Waals surface area (Å²) in [6.45, 7) is 4.42. The lowest BCUT2D eigenvalue weighted by molar-refractivity contribution is -0.0732. The molecule has 1 amide bonds. The van der Waals surface area contributed by atoms with E-state index in [2.05, 4.69) is 0 Å². The fourth-order valence-corrected chi connectivity index (χ4v) is 2.54. The summed E-state index contributed by atoms with van der Waals surface area (Å²) < 4.78 is 18.3. The average molecular weight is 311 g/mol. The molecule has 0 saturated carbocycles. The molecule has 3 atom stereocenters. The van der Waals surface area contributed by atoms with Crippen molar-refractivity contribution in [2.24, 2.45) is 5.92 Å². The van der Waals surface area contributed by atoms with Crippen molar-refractivity contribution in [1.29, 1.82) is 0 Å². The lowest BCUT2D eigenvalue weighted by Crippen LogP contribution is -2.51. The predicted octanol–water partition coefficient (Wildman–Crippen LogP) is 2.09. The highest BCUT2D eigenvalue weighted by Crippen LogP contribution is 2.32. The Labute approximate surface area is 129 Å². The van der Waals surface area contributed by atoms with Gasteiger partial charge in [-0.3, -0.25) is 4.90 Å². The first kappa shape index (κ1) is 16.7. The van der Waals surface area contributed by atoms with E-state index < -0.39 is 30.2 Å². The number of aliphatic hydroxyl groups excluding tert-OH is 2. The smallest absolute Gasteiger partial charge is 0.410 e. The molecule has 22 heavy (non-hydrogen) atoms. The van der Waals surface area contributed by atoms with Gasteiger partial charge in [0, 0.05) is 6.54 Å². The normalized spacial score (nSPS) is 25.4. The summed E-state index contributed by atoms with van der Waals surface area (Å²) in [5.74, 6) is -0.197. The molecule has 0 aliphatic carbocycles. The molecule has 1 aromatic rings. The number of carbonyl (C=O) groups is 1. The molecule has 1 aromatic carbocycles. The minimum Gasteiger partial charge on any atom is -0.449 e. The quantitative estimate of drug-likeness (QED) is 0.897. The molecule has 1 heterocycles. The second kappa shape index (κ2) is 7.07. The molecule has 2 rings (SSSR count). The molecule has 0 unspecified atom stereocenters. The summed E-state index contributed by atoms with van der Waals surface area (Å²) >= 11 is 0. The van der Waals surface area contributed by atoms with Gasteiger partial charge in [0.05, 0.1) is 18.8 Å². The van der Waals surface area contributed by atoms with E-state index in [9.17, 15) is 19.4 Å². The summed E-state index contributed by atoms with van der Waals surface area (Å²) in [5.41, 5.74) is 0.564. The van der Waals surface area contributed by atoms with Gasteiger partial charge in [0.2, 0.25) is 0 Å². The van der Waals surface area contributed by atoms with Crippen LogP contribution in [0.2, 0.25) is 0 Å². The van der Waals surface area contributed by atoms with E-state index in [0.29, 0.717) is 5.56 Å². The number of aliphatic hydroxyl groups is 2. The van der Waals surface area contributed by atoms with Crippen molar-refractivity contribution in [3.05, 3.63) is 35.6 Å². The molecule has 2 N–H and O–H groups in total. The molecule has 0 bridgehead atoms. The number of benzene rings is 1. The average Bonchev–Trinajstić information content (AvgIpc) is 2.48. The molecule has 6 heteroatoms. The SMILES string of the molecule is CC(C)COC(=O)N1CC[C@@H](O)[C@@H](O)[C@@H]1c1ccc(F)cc1. The van der Waals surface area contributed by atoms with Crippen LogP contribution >= 0.6 is 0 Å². The van der Waals surface area contributed by atoms with Crippen LogP contribution in [-0.4, -0.2) is 46.6 Å². The highest BCUT2D eigenvalue weighted by molar-refractivity contribution is 5.68. The van der Waals surface area contributed by atoms with Crippen LogP contribution in [0.15, 0.2) is 24.3 Å². The lowest BCUT2D eigenvalue weighted by atomic mass is 9.91. The Balaban J connectivity index is 2.22. The van der Waals surface area contributed by atoms with Crippen LogP contribution in [0.1, 0.15) is 31.9 Å². The van der Waals surface area contributed by atoms with Crippen LogP contribution in [0.3, 0.4) is 0 Å². The number of carbonyl (C=O) groups excluding carboxylic acids is 1. The topological polar surface area (TPSA) is 70.0 Å². The van der Waals surface area contributed by atoms with Crippen LogP contribution in [0.25, 0.3) is 0 Å². The maximum atomic E-state index is 13.1. The van der Waals surface area contributed by atoms with Gasteiger partial charge in [-0.2, -0.15) is 0 Å². The summed E-state index contributed by atoms with van der Waals surface area (Å²) in [5, 5.41) is 20.1. The van der Waals surface area contributed by atoms with Crippen molar-refractivity contribution in [3.63, 3.8) is 0 Å². The van der Waals surface area contributed by atoms with Gasteiger partial charge in [0.25, 0.3) is 0 Å². The van der Waals surface area contributed by atoms with Crippen molar-refractivity contribution >= 4 is 6.09 Å². The van der Waals surface area contributed by atoms with E-state index in [-0.39, 0.29) is 25.5 Å². The largest absolute Gasteiger partial charge is 0.449 e. The number of likely N-dealkylation sites (tertiary alicyclic amines) is 1. The van der Waals surface area contributed by atoms with Crippen LogP contribution < -0.4 is 0 Å².